The molecule has 0 spiro atoms. The van der Waals surface area contributed by atoms with Crippen molar-refractivity contribution in [2.75, 3.05) is 5.32 Å². The normalized spacial score (nSPS) is 13.4. The van der Waals surface area contributed by atoms with Gasteiger partial charge in [0.2, 0.25) is 17.6 Å². The topological polar surface area (TPSA) is 103 Å². The van der Waals surface area contributed by atoms with Crippen LogP contribution < -0.4 is 15.8 Å². The summed E-state index contributed by atoms with van der Waals surface area (Å²) in [5.74, 6) is 1.43. The second-order valence-electron chi connectivity index (χ2n) is 5.66. The number of hydrogen-bond acceptors (Lipinski definition) is 6. The first-order valence-corrected chi connectivity index (χ1v) is 7.53. The largest absolute Gasteiger partial charge is 0.485 e. The summed E-state index contributed by atoms with van der Waals surface area (Å²) in [6.07, 6.45) is 1.48. The molecule has 0 saturated heterocycles. The molecule has 1 atom stereocenters. The van der Waals surface area contributed by atoms with Crippen LogP contribution in [-0.4, -0.2) is 21.6 Å². The van der Waals surface area contributed by atoms with Crippen molar-refractivity contribution < 1.29 is 14.1 Å². The van der Waals surface area contributed by atoms with Crippen LogP contribution in [0.1, 0.15) is 38.4 Å². The van der Waals surface area contributed by atoms with Crippen LogP contribution >= 0.6 is 0 Å². The van der Waals surface area contributed by atoms with Crippen molar-refractivity contribution in [2.45, 2.75) is 45.8 Å². The summed E-state index contributed by atoms with van der Waals surface area (Å²) >= 11 is 0. The Morgan fingerprint density at radius 1 is 1.39 bits per heavy atom. The van der Waals surface area contributed by atoms with E-state index in [9.17, 15) is 4.79 Å². The maximum Gasteiger partial charge on any atom is 0.244 e. The van der Waals surface area contributed by atoms with Gasteiger partial charge in [-0.1, -0.05) is 18.5 Å². The lowest BCUT2D eigenvalue weighted by Gasteiger charge is -2.22. The smallest absolute Gasteiger partial charge is 0.244 e. The Morgan fingerprint density at radius 2 is 2.09 bits per heavy atom. The number of anilines is 1. The zero-order valence-electron chi connectivity index (χ0n) is 13.6. The van der Waals surface area contributed by atoms with Crippen LogP contribution in [0, 0.1) is 6.92 Å². The van der Waals surface area contributed by atoms with Crippen molar-refractivity contribution >= 4 is 11.6 Å². The minimum Gasteiger partial charge on any atom is -0.485 e. The van der Waals surface area contributed by atoms with Gasteiger partial charge in [-0.25, -0.2) is 0 Å². The summed E-state index contributed by atoms with van der Waals surface area (Å²) in [6, 6.07) is 7.04. The van der Waals surface area contributed by atoms with Crippen LogP contribution in [0.15, 0.2) is 28.8 Å². The number of nitrogens with zero attached hydrogens (tertiary/aromatic N) is 2. The van der Waals surface area contributed by atoms with Crippen molar-refractivity contribution in [2.24, 2.45) is 5.73 Å². The number of rotatable bonds is 7. The van der Waals surface area contributed by atoms with E-state index in [0.29, 0.717) is 29.6 Å². The lowest BCUT2D eigenvalue weighted by molar-refractivity contribution is -0.120. The molecule has 3 N–H and O–H groups in total. The molecule has 7 nitrogen and oxygen atoms in total. The molecule has 0 aliphatic heterocycles. The van der Waals surface area contributed by atoms with E-state index in [0.717, 1.165) is 6.42 Å². The average molecular weight is 318 g/mol. The maximum absolute atomic E-state index is 12.1. The summed E-state index contributed by atoms with van der Waals surface area (Å²) in [7, 11) is 0. The summed E-state index contributed by atoms with van der Waals surface area (Å²) in [5.41, 5.74) is 5.80. The standard InChI is InChI=1S/C16H22N4O3/c1-4-9-16(3,17)15(21)19-12-5-7-13(8-6-12)22-10-14-18-11(2)23-20-14/h5-8H,4,9-10,17H2,1-3H3,(H,19,21). The number of benzene rings is 1. The number of nitrogens with two attached hydrogens (primary N) is 1. The highest BCUT2D eigenvalue weighted by Crippen LogP contribution is 2.18. The van der Waals surface area contributed by atoms with Crippen LogP contribution in [-0.2, 0) is 11.4 Å². The number of aryl methyl sites for hydroxylation is 1. The van der Waals surface area contributed by atoms with Gasteiger partial charge in [0.05, 0.1) is 5.54 Å². The van der Waals surface area contributed by atoms with Crippen molar-refractivity contribution in [3.05, 3.63) is 36.0 Å². The highest BCUT2D eigenvalue weighted by atomic mass is 16.5. The molecule has 0 radical (unpaired) electrons. The molecule has 1 amide bonds. The third-order valence-corrected chi connectivity index (χ3v) is 3.34. The molecule has 124 valence electrons. The minimum atomic E-state index is -0.875. The van der Waals surface area contributed by atoms with E-state index in [1.54, 1.807) is 38.1 Å². The zero-order valence-corrected chi connectivity index (χ0v) is 13.6. The molecule has 1 aromatic heterocycles. The summed E-state index contributed by atoms with van der Waals surface area (Å²) in [4.78, 5) is 16.2. The summed E-state index contributed by atoms with van der Waals surface area (Å²) < 4.78 is 10.4. The first-order valence-electron chi connectivity index (χ1n) is 7.53. The first-order chi connectivity index (χ1) is 10.9. The highest BCUT2D eigenvalue weighted by Gasteiger charge is 2.27. The van der Waals surface area contributed by atoms with Crippen molar-refractivity contribution in [3.63, 3.8) is 0 Å². The number of carbonyl (C=O) groups is 1. The molecule has 1 heterocycles. The molecule has 1 aromatic carbocycles. The molecular formula is C16H22N4O3. The first kappa shape index (κ1) is 17.0. The molecule has 23 heavy (non-hydrogen) atoms. The summed E-state index contributed by atoms with van der Waals surface area (Å²) in [6.45, 7) is 5.67. The van der Waals surface area contributed by atoms with Crippen LogP contribution in [0.3, 0.4) is 0 Å². The Labute approximate surface area is 135 Å². The Balaban J connectivity index is 1.90. The van der Waals surface area contributed by atoms with Gasteiger partial charge in [-0.3, -0.25) is 4.79 Å². The molecule has 2 rings (SSSR count). The van der Waals surface area contributed by atoms with E-state index in [4.69, 9.17) is 15.0 Å². The molecule has 1 unspecified atom stereocenters. The molecule has 2 aromatic rings. The Kier molecular flexibility index (Phi) is 5.33. The number of ether oxygens (including phenoxy) is 1. The van der Waals surface area contributed by atoms with Crippen molar-refractivity contribution in [1.82, 2.24) is 10.1 Å². The number of amides is 1. The maximum atomic E-state index is 12.1. The minimum absolute atomic E-state index is 0.199. The predicted octanol–water partition coefficient (Wildman–Crippen LogP) is 2.41. The monoisotopic (exact) mass is 318 g/mol. The van der Waals surface area contributed by atoms with E-state index in [-0.39, 0.29) is 12.5 Å². The fourth-order valence-electron chi connectivity index (χ4n) is 2.09. The molecule has 7 heteroatoms. The molecule has 0 saturated carbocycles. The second kappa shape index (κ2) is 7.23. The van der Waals surface area contributed by atoms with Gasteiger partial charge < -0.3 is 20.3 Å². The van der Waals surface area contributed by atoms with Gasteiger partial charge in [0.1, 0.15) is 5.75 Å². The molecule has 0 fully saturated rings. The lowest BCUT2D eigenvalue weighted by Crippen LogP contribution is -2.48. The van der Waals surface area contributed by atoms with E-state index in [1.165, 1.54) is 0 Å². The number of carbonyl (C=O) groups excluding carboxylic acids is 1. The van der Waals surface area contributed by atoms with Gasteiger partial charge in [-0.15, -0.1) is 0 Å². The number of hydrogen-bond donors (Lipinski definition) is 2. The molecule has 0 aliphatic carbocycles. The van der Waals surface area contributed by atoms with E-state index < -0.39 is 5.54 Å². The molecule has 0 bridgehead atoms. The Hall–Kier alpha value is -2.41. The molecule has 0 aliphatic rings. The lowest BCUT2D eigenvalue weighted by atomic mass is 9.96. The Bertz CT molecular complexity index is 650. The van der Waals surface area contributed by atoms with Gasteiger partial charge in [0.25, 0.3) is 0 Å². The predicted molar refractivity (Wildman–Crippen MR) is 85.9 cm³/mol. The third kappa shape index (κ3) is 4.79. The van der Waals surface area contributed by atoms with Gasteiger partial charge in [0, 0.05) is 12.6 Å². The fraction of sp³-hybridized carbons (Fsp3) is 0.438. The average Bonchev–Trinajstić information content (AvgIpc) is 2.92. The van der Waals surface area contributed by atoms with Gasteiger partial charge >= 0.3 is 0 Å². The zero-order chi connectivity index (χ0) is 16.9. The van der Waals surface area contributed by atoms with Gasteiger partial charge in [0.15, 0.2) is 6.61 Å². The van der Waals surface area contributed by atoms with Crippen LogP contribution in [0.2, 0.25) is 0 Å². The van der Waals surface area contributed by atoms with E-state index in [2.05, 4.69) is 15.5 Å². The van der Waals surface area contributed by atoms with Gasteiger partial charge in [-0.05, 0) is 37.6 Å². The second-order valence-corrected chi connectivity index (χ2v) is 5.66. The quantitative estimate of drug-likeness (QED) is 0.812. The molecular weight excluding hydrogens is 296 g/mol. The van der Waals surface area contributed by atoms with E-state index >= 15 is 0 Å². The van der Waals surface area contributed by atoms with E-state index in [1.807, 2.05) is 6.92 Å². The fourth-order valence-corrected chi connectivity index (χ4v) is 2.09. The highest BCUT2D eigenvalue weighted by molar-refractivity contribution is 5.97. The van der Waals surface area contributed by atoms with Crippen molar-refractivity contribution in [1.29, 1.82) is 0 Å². The van der Waals surface area contributed by atoms with Crippen LogP contribution in [0.25, 0.3) is 0 Å². The van der Waals surface area contributed by atoms with Crippen LogP contribution in [0.4, 0.5) is 5.69 Å². The third-order valence-electron chi connectivity index (χ3n) is 3.34. The number of aromatic nitrogens is 2. The Morgan fingerprint density at radius 3 is 2.65 bits per heavy atom. The van der Waals surface area contributed by atoms with Crippen molar-refractivity contribution in [3.8, 4) is 5.75 Å². The van der Waals surface area contributed by atoms with Gasteiger partial charge in [-0.2, -0.15) is 4.98 Å². The SMILES string of the molecule is CCCC(C)(N)C(=O)Nc1ccc(OCc2noc(C)n2)cc1. The van der Waals surface area contributed by atoms with Crippen LogP contribution in [0.5, 0.6) is 5.75 Å². The number of nitrogens with one attached hydrogen (secondary N) is 1. The summed E-state index contributed by atoms with van der Waals surface area (Å²) in [5, 5.41) is 6.56.